The number of hydrogen-bond donors (Lipinski definition) is 0. The van der Waals surface area contributed by atoms with E-state index in [0.29, 0.717) is 18.1 Å². The molecule has 23 heavy (non-hydrogen) atoms. The molecule has 0 saturated heterocycles. The zero-order valence-electron chi connectivity index (χ0n) is 12.5. The minimum absolute atomic E-state index is 0.500. The van der Waals surface area contributed by atoms with E-state index in [1.54, 1.807) is 12.3 Å². The summed E-state index contributed by atoms with van der Waals surface area (Å²) in [4.78, 5) is 0. The molecular weight excluding hydrogens is 310 g/mol. The molecule has 1 heterocycles. The van der Waals surface area contributed by atoms with Gasteiger partial charge in [0.05, 0.1) is 6.61 Å². The Bertz CT molecular complexity index is 790. The summed E-state index contributed by atoms with van der Waals surface area (Å²) < 4.78 is 6.59. The van der Waals surface area contributed by atoms with Crippen molar-refractivity contribution in [1.82, 2.24) is 0 Å². The molecule has 0 fully saturated rings. The summed E-state index contributed by atoms with van der Waals surface area (Å²) in [6.07, 6.45) is 3.70. The molecule has 0 unspecified atom stereocenters. The summed E-state index contributed by atoms with van der Waals surface area (Å²) in [6, 6.07) is 19.2. The minimum Gasteiger partial charge on any atom is -0.619 e. The summed E-state index contributed by atoms with van der Waals surface area (Å²) in [5.41, 5.74) is 2.94. The van der Waals surface area contributed by atoms with Gasteiger partial charge >= 0.3 is 0 Å². The zero-order chi connectivity index (χ0) is 16.1. The number of ether oxygens (including phenoxy) is 1. The zero-order valence-corrected chi connectivity index (χ0v) is 13.2. The maximum Gasteiger partial charge on any atom is 0.183 e. The molecule has 3 nitrogen and oxygen atoms in total. The van der Waals surface area contributed by atoms with Crippen LogP contribution in [0.15, 0.2) is 73.1 Å². The molecular formula is C19H16ClNO2. The van der Waals surface area contributed by atoms with E-state index >= 15 is 0 Å². The SMILES string of the molecule is [O-][n+]1cccc(CCOc2ccc(Cl)c(-c3ccccc3)c2)c1. The van der Waals surface area contributed by atoms with Crippen molar-refractivity contribution >= 4 is 11.6 Å². The predicted octanol–water partition coefficient (Wildman–Crippen LogP) is 4.26. The molecule has 0 amide bonds. The minimum atomic E-state index is 0.500. The molecule has 0 radical (unpaired) electrons. The first kappa shape index (κ1) is 15.4. The normalized spacial score (nSPS) is 10.5. The number of benzene rings is 2. The van der Waals surface area contributed by atoms with Crippen LogP contribution in [-0.2, 0) is 6.42 Å². The van der Waals surface area contributed by atoms with Crippen molar-refractivity contribution in [2.75, 3.05) is 6.61 Å². The van der Waals surface area contributed by atoms with E-state index in [1.807, 2.05) is 54.6 Å². The third kappa shape index (κ3) is 4.02. The Morgan fingerprint density at radius 2 is 1.83 bits per heavy atom. The van der Waals surface area contributed by atoms with Gasteiger partial charge in [-0.1, -0.05) is 41.9 Å². The predicted molar refractivity (Wildman–Crippen MR) is 91.5 cm³/mol. The molecule has 0 N–H and O–H groups in total. The van der Waals surface area contributed by atoms with Crippen LogP contribution in [0.2, 0.25) is 5.02 Å². The summed E-state index contributed by atoms with van der Waals surface area (Å²) in [5, 5.41) is 11.9. The Kier molecular flexibility index (Phi) is 4.79. The van der Waals surface area contributed by atoms with Gasteiger partial charge in [0.15, 0.2) is 12.4 Å². The van der Waals surface area contributed by atoms with Crippen LogP contribution in [0.5, 0.6) is 5.75 Å². The van der Waals surface area contributed by atoms with Crippen molar-refractivity contribution in [3.05, 3.63) is 88.9 Å². The lowest BCUT2D eigenvalue weighted by Gasteiger charge is -2.10. The van der Waals surface area contributed by atoms with E-state index in [1.165, 1.54) is 6.20 Å². The Morgan fingerprint density at radius 1 is 1.00 bits per heavy atom. The molecule has 0 saturated carbocycles. The first-order valence-corrected chi connectivity index (χ1v) is 7.76. The largest absolute Gasteiger partial charge is 0.619 e. The van der Waals surface area contributed by atoms with Crippen LogP contribution >= 0.6 is 11.6 Å². The fraction of sp³-hybridized carbons (Fsp3) is 0.105. The highest BCUT2D eigenvalue weighted by atomic mass is 35.5. The highest BCUT2D eigenvalue weighted by molar-refractivity contribution is 6.33. The van der Waals surface area contributed by atoms with Gasteiger partial charge in [0.25, 0.3) is 0 Å². The van der Waals surface area contributed by atoms with Gasteiger partial charge in [0, 0.05) is 28.6 Å². The average Bonchev–Trinajstić information content (AvgIpc) is 2.57. The van der Waals surface area contributed by atoms with Gasteiger partial charge in [-0.3, -0.25) is 0 Å². The highest BCUT2D eigenvalue weighted by Crippen LogP contribution is 2.31. The second-order valence-electron chi connectivity index (χ2n) is 5.18. The summed E-state index contributed by atoms with van der Waals surface area (Å²) >= 11 is 6.29. The first-order valence-electron chi connectivity index (χ1n) is 7.38. The third-order valence-corrected chi connectivity index (χ3v) is 3.85. The monoisotopic (exact) mass is 325 g/mol. The van der Waals surface area contributed by atoms with Gasteiger partial charge < -0.3 is 9.94 Å². The number of pyridine rings is 1. The molecule has 0 bridgehead atoms. The van der Waals surface area contributed by atoms with Gasteiger partial charge in [0.2, 0.25) is 0 Å². The van der Waals surface area contributed by atoms with Crippen molar-refractivity contribution in [3.8, 4) is 16.9 Å². The molecule has 0 spiro atoms. The quantitative estimate of drug-likeness (QED) is 0.519. The van der Waals surface area contributed by atoms with Crippen LogP contribution in [0.25, 0.3) is 11.1 Å². The van der Waals surface area contributed by atoms with E-state index in [4.69, 9.17) is 16.3 Å². The molecule has 0 aliphatic heterocycles. The van der Waals surface area contributed by atoms with Gasteiger partial charge in [-0.25, -0.2) is 0 Å². The van der Waals surface area contributed by atoms with E-state index in [0.717, 1.165) is 27.2 Å². The Hall–Kier alpha value is -2.52. The second kappa shape index (κ2) is 7.16. The maximum absolute atomic E-state index is 11.2. The molecule has 116 valence electrons. The molecule has 2 aromatic carbocycles. The lowest BCUT2D eigenvalue weighted by atomic mass is 10.1. The maximum atomic E-state index is 11.2. The van der Waals surface area contributed by atoms with Gasteiger partial charge in [-0.05, 0) is 29.8 Å². The fourth-order valence-corrected chi connectivity index (χ4v) is 2.60. The van der Waals surface area contributed by atoms with Crippen molar-refractivity contribution in [2.45, 2.75) is 6.42 Å². The second-order valence-corrected chi connectivity index (χ2v) is 5.59. The average molecular weight is 326 g/mol. The molecule has 0 atom stereocenters. The number of nitrogens with zero attached hydrogens (tertiary/aromatic N) is 1. The summed E-state index contributed by atoms with van der Waals surface area (Å²) in [5.74, 6) is 0.763. The van der Waals surface area contributed by atoms with Crippen LogP contribution in [0.4, 0.5) is 0 Å². The highest BCUT2D eigenvalue weighted by Gasteiger charge is 2.06. The fourth-order valence-electron chi connectivity index (χ4n) is 2.37. The van der Waals surface area contributed by atoms with Gasteiger partial charge in [-0.2, -0.15) is 4.73 Å². The molecule has 3 rings (SSSR count). The Labute approximate surface area is 140 Å². The lowest BCUT2D eigenvalue weighted by molar-refractivity contribution is -0.605. The van der Waals surface area contributed by atoms with E-state index in [9.17, 15) is 5.21 Å². The molecule has 4 heteroatoms. The van der Waals surface area contributed by atoms with Crippen LogP contribution in [-0.4, -0.2) is 6.61 Å². The van der Waals surface area contributed by atoms with Gasteiger partial charge in [0.1, 0.15) is 5.75 Å². The molecule has 3 aromatic rings. The Morgan fingerprint density at radius 3 is 2.61 bits per heavy atom. The van der Waals surface area contributed by atoms with E-state index < -0.39 is 0 Å². The van der Waals surface area contributed by atoms with Crippen molar-refractivity contribution < 1.29 is 9.47 Å². The number of aromatic nitrogens is 1. The van der Waals surface area contributed by atoms with Crippen LogP contribution in [0.3, 0.4) is 0 Å². The Balaban J connectivity index is 1.69. The lowest BCUT2D eigenvalue weighted by Crippen LogP contribution is -2.25. The van der Waals surface area contributed by atoms with Gasteiger partial charge in [-0.15, -0.1) is 0 Å². The summed E-state index contributed by atoms with van der Waals surface area (Å²) in [7, 11) is 0. The number of rotatable bonds is 5. The first-order chi connectivity index (χ1) is 11.2. The number of hydrogen-bond acceptors (Lipinski definition) is 2. The number of halogens is 1. The topological polar surface area (TPSA) is 36.2 Å². The van der Waals surface area contributed by atoms with Crippen molar-refractivity contribution in [2.24, 2.45) is 0 Å². The summed E-state index contributed by atoms with van der Waals surface area (Å²) in [6.45, 7) is 0.500. The molecule has 0 aliphatic rings. The smallest absolute Gasteiger partial charge is 0.183 e. The molecule has 0 aliphatic carbocycles. The van der Waals surface area contributed by atoms with Crippen LogP contribution in [0, 0.1) is 5.21 Å². The van der Waals surface area contributed by atoms with Crippen LogP contribution in [0.1, 0.15) is 5.56 Å². The van der Waals surface area contributed by atoms with E-state index in [-0.39, 0.29) is 0 Å². The van der Waals surface area contributed by atoms with E-state index in [2.05, 4.69) is 0 Å². The van der Waals surface area contributed by atoms with Crippen molar-refractivity contribution in [3.63, 3.8) is 0 Å². The standard InChI is InChI=1S/C19H16ClNO2/c20-19-9-8-17(13-18(19)16-6-2-1-3-7-16)23-12-10-15-5-4-11-21(22)14-15/h1-9,11,13-14H,10,12H2. The van der Waals surface area contributed by atoms with Crippen molar-refractivity contribution in [1.29, 1.82) is 0 Å². The molecule has 1 aromatic heterocycles. The van der Waals surface area contributed by atoms with Crippen LogP contribution < -0.4 is 9.47 Å². The third-order valence-electron chi connectivity index (χ3n) is 3.52.